The smallest absolute Gasteiger partial charge is 0.422 e. The molecule has 1 aliphatic rings. The highest BCUT2D eigenvalue weighted by Gasteiger charge is 2.30. The highest BCUT2D eigenvalue weighted by atomic mass is 32.1. The molecule has 12 heteroatoms. The van der Waals surface area contributed by atoms with E-state index in [9.17, 15) is 26.3 Å². The van der Waals surface area contributed by atoms with Gasteiger partial charge >= 0.3 is 12.4 Å². The van der Waals surface area contributed by atoms with Gasteiger partial charge in [0.25, 0.3) is 0 Å². The number of rotatable bonds is 7. The van der Waals surface area contributed by atoms with Crippen molar-refractivity contribution in [3.8, 4) is 11.5 Å². The van der Waals surface area contributed by atoms with Crippen LogP contribution in [-0.2, 0) is 4.74 Å². The normalized spacial score (nSPS) is 17.3. The molecule has 1 heterocycles. The van der Waals surface area contributed by atoms with Crippen LogP contribution in [0.3, 0.4) is 0 Å². The van der Waals surface area contributed by atoms with Crippen molar-refractivity contribution in [3.63, 3.8) is 0 Å². The van der Waals surface area contributed by atoms with Gasteiger partial charge in [0.15, 0.2) is 18.3 Å². The number of hydrogen-bond donors (Lipinski definition) is 2. The van der Waals surface area contributed by atoms with Gasteiger partial charge in [-0.05, 0) is 25.1 Å². The fourth-order valence-corrected chi connectivity index (χ4v) is 2.53. The summed E-state index contributed by atoms with van der Waals surface area (Å²) in [6, 6.07) is 3.28. The standard InChI is InChI=1S/C16H18F6N2O3S/c17-15(18,19)8-26-12-4-10(5-13(6-12)27-9-16(20,21)22)24-14(28)23-7-11-2-1-3-25-11/h4-6,11H,1-3,7-9H2,(H2,23,24,28). The second-order valence-corrected chi connectivity index (χ2v) is 6.38. The van der Waals surface area contributed by atoms with Gasteiger partial charge in [-0.15, -0.1) is 0 Å². The molecule has 1 aromatic rings. The van der Waals surface area contributed by atoms with Crippen LogP contribution in [0.2, 0.25) is 0 Å². The van der Waals surface area contributed by atoms with Gasteiger partial charge in [-0.3, -0.25) is 0 Å². The van der Waals surface area contributed by atoms with E-state index in [1.807, 2.05) is 0 Å². The molecule has 0 spiro atoms. The summed E-state index contributed by atoms with van der Waals surface area (Å²) < 4.78 is 88.7. The first-order valence-corrected chi connectivity index (χ1v) is 8.62. The molecule has 2 rings (SSSR count). The fourth-order valence-electron chi connectivity index (χ4n) is 2.33. The predicted molar refractivity (Wildman–Crippen MR) is 92.7 cm³/mol. The molecule has 5 nitrogen and oxygen atoms in total. The molecule has 2 N–H and O–H groups in total. The Morgan fingerprint density at radius 2 is 1.61 bits per heavy atom. The van der Waals surface area contributed by atoms with Gasteiger partial charge in [0, 0.05) is 37.0 Å². The van der Waals surface area contributed by atoms with Crippen molar-refractivity contribution >= 4 is 23.0 Å². The van der Waals surface area contributed by atoms with E-state index in [0.717, 1.165) is 18.9 Å². The van der Waals surface area contributed by atoms with Crippen LogP contribution in [0.4, 0.5) is 32.0 Å². The van der Waals surface area contributed by atoms with E-state index in [1.165, 1.54) is 12.1 Å². The second-order valence-electron chi connectivity index (χ2n) is 5.97. The second kappa shape index (κ2) is 9.50. The zero-order valence-electron chi connectivity index (χ0n) is 14.5. The van der Waals surface area contributed by atoms with E-state index in [0.29, 0.717) is 13.2 Å². The molecule has 0 amide bonds. The minimum absolute atomic E-state index is 0.00752. The maximum absolute atomic E-state index is 12.3. The van der Waals surface area contributed by atoms with Crippen molar-refractivity contribution in [1.29, 1.82) is 0 Å². The summed E-state index contributed by atoms with van der Waals surface area (Å²) in [5.41, 5.74) is 0.113. The Morgan fingerprint density at radius 1 is 1.04 bits per heavy atom. The maximum atomic E-state index is 12.3. The number of ether oxygens (including phenoxy) is 3. The van der Waals surface area contributed by atoms with Gasteiger partial charge in [0.1, 0.15) is 11.5 Å². The van der Waals surface area contributed by atoms with Gasteiger partial charge in [-0.1, -0.05) is 0 Å². The first-order chi connectivity index (χ1) is 13.0. The molecule has 28 heavy (non-hydrogen) atoms. The highest BCUT2D eigenvalue weighted by Crippen LogP contribution is 2.29. The quantitative estimate of drug-likeness (QED) is 0.501. The van der Waals surface area contributed by atoms with Crippen LogP contribution < -0.4 is 20.1 Å². The van der Waals surface area contributed by atoms with Crippen LogP contribution in [0.1, 0.15) is 12.8 Å². The molecule has 0 aromatic heterocycles. The summed E-state index contributed by atoms with van der Waals surface area (Å²) in [4.78, 5) is 0. The molecule has 0 saturated carbocycles. The first-order valence-electron chi connectivity index (χ1n) is 8.21. The van der Waals surface area contributed by atoms with Gasteiger partial charge in [-0.2, -0.15) is 26.3 Å². The van der Waals surface area contributed by atoms with E-state index in [1.54, 1.807) is 0 Å². The number of anilines is 1. The Labute approximate surface area is 162 Å². The molecule has 1 fully saturated rings. The number of nitrogens with one attached hydrogen (secondary N) is 2. The molecular formula is C16H18F6N2O3S. The van der Waals surface area contributed by atoms with E-state index in [2.05, 4.69) is 20.1 Å². The van der Waals surface area contributed by atoms with E-state index in [-0.39, 0.29) is 28.4 Å². The third-order valence-electron chi connectivity index (χ3n) is 3.46. The summed E-state index contributed by atoms with van der Waals surface area (Å²) in [5, 5.41) is 5.69. The minimum atomic E-state index is -4.60. The zero-order chi connectivity index (χ0) is 20.8. The van der Waals surface area contributed by atoms with Crippen LogP contribution in [-0.4, -0.2) is 49.9 Å². The Hall–Kier alpha value is -1.95. The Bertz CT molecular complexity index is 627. The number of alkyl halides is 6. The topological polar surface area (TPSA) is 51.8 Å². The number of benzene rings is 1. The van der Waals surface area contributed by atoms with Gasteiger partial charge in [0.05, 0.1) is 6.10 Å². The number of hydrogen-bond acceptors (Lipinski definition) is 4. The molecule has 0 aliphatic carbocycles. The lowest BCUT2D eigenvalue weighted by molar-refractivity contribution is -0.153. The van der Waals surface area contributed by atoms with Crippen LogP contribution in [0.25, 0.3) is 0 Å². The summed E-state index contributed by atoms with van der Waals surface area (Å²) >= 11 is 5.09. The van der Waals surface area contributed by atoms with E-state index in [4.69, 9.17) is 17.0 Å². The van der Waals surface area contributed by atoms with Gasteiger partial charge in [-0.25, -0.2) is 0 Å². The molecule has 0 bridgehead atoms. The average Bonchev–Trinajstić information content (AvgIpc) is 3.09. The van der Waals surface area contributed by atoms with Crippen LogP contribution >= 0.6 is 12.2 Å². The zero-order valence-corrected chi connectivity index (χ0v) is 15.3. The average molecular weight is 432 g/mol. The van der Waals surface area contributed by atoms with E-state index < -0.39 is 25.6 Å². The monoisotopic (exact) mass is 432 g/mol. The fraction of sp³-hybridized carbons (Fsp3) is 0.562. The molecule has 0 radical (unpaired) electrons. The van der Waals surface area contributed by atoms with Crippen molar-refractivity contribution in [2.45, 2.75) is 31.3 Å². The molecule has 1 aliphatic heterocycles. The van der Waals surface area contributed by atoms with Crippen LogP contribution in [0.5, 0.6) is 11.5 Å². The summed E-state index contributed by atoms with van der Waals surface area (Å²) in [6.07, 6.45) is -7.41. The Kier molecular flexibility index (Phi) is 7.58. The lowest BCUT2D eigenvalue weighted by atomic mass is 10.2. The van der Waals surface area contributed by atoms with Crippen molar-refractivity contribution in [1.82, 2.24) is 5.32 Å². The summed E-state index contributed by atoms with van der Waals surface area (Å²) in [5.74, 6) is -0.636. The largest absolute Gasteiger partial charge is 0.484 e. The van der Waals surface area contributed by atoms with Crippen LogP contribution in [0, 0.1) is 0 Å². The van der Waals surface area contributed by atoms with E-state index >= 15 is 0 Å². The maximum Gasteiger partial charge on any atom is 0.422 e. The first kappa shape index (κ1) is 22.3. The lowest BCUT2D eigenvalue weighted by Gasteiger charge is -2.17. The van der Waals surface area contributed by atoms with Crippen molar-refractivity contribution < 1.29 is 40.6 Å². The van der Waals surface area contributed by atoms with Crippen LogP contribution in [0.15, 0.2) is 18.2 Å². The third-order valence-corrected chi connectivity index (χ3v) is 3.70. The molecular weight excluding hydrogens is 414 g/mol. The van der Waals surface area contributed by atoms with Crippen molar-refractivity contribution in [3.05, 3.63) is 18.2 Å². The van der Waals surface area contributed by atoms with Crippen molar-refractivity contribution in [2.24, 2.45) is 0 Å². The Balaban J connectivity index is 2.03. The summed E-state index contributed by atoms with van der Waals surface area (Å²) in [6.45, 7) is -2.12. The SMILES string of the molecule is FC(F)(F)COc1cc(NC(=S)NCC2CCCO2)cc(OCC(F)(F)F)c1. The van der Waals surface area contributed by atoms with Gasteiger partial charge < -0.3 is 24.8 Å². The lowest BCUT2D eigenvalue weighted by Crippen LogP contribution is -2.34. The highest BCUT2D eigenvalue weighted by molar-refractivity contribution is 7.80. The molecule has 1 saturated heterocycles. The summed E-state index contributed by atoms with van der Waals surface area (Å²) in [7, 11) is 0. The third kappa shape index (κ3) is 8.83. The Morgan fingerprint density at radius 3 is 2.07 bits per heavy atom. The van der Waals surface area contributed by atoms with Gasteiger partial charge in [0.2, 0.25) is 0 Å². The molecule has 158 valence electrons. The molecule has 1 unspecified atom stereocenters. The number of thiocarbonyl (C=S) groups is 1. The molecule has 1 atom stereocenters. The molecule has 1 aromatic carbocycles. The number of halogens is 6. The predicted octanol–water partition coefficient (Wildman–Crippen LogP) is 4.03. The minimum Gasteiger partial charge on any atom is -0.484 e. The van der Waals surface area contributed by atoms with Crippen molar-refractivity contribution in [2.75, 3.05) is 31.7 Å².